The van der Waals surface area contributed by atoms with Crippen LogP contribution >= 0.6 is 28.3 Å². The molecule has 5 rings (SSSR count). The van der Waals surface area contributed by atoms with Gasteiger partial charge < -0.3 is 14.2 Å². The molecule has 0 amide bonds. The minimum absolute atomic E-state index is 0. The van der Waals surface area contributed by atoms with Gasteiger partial charge in [-0.15, -0.1) is 28.3 Å². The van der Waals surface area contributed by atoms with E-state index in [4.69, 9.17) is 14.2 Å². The zero-order valence-electron chi connectivity index (χ0n) is 18.8. The van der Waals surface area contributed by atoms with E-state index in [0.29, 0.717) is 23.7 Å². The SMILES string of the molecule is Br.COc1ccc(Cc2ccc3sc4ccccc4c3c2-c2ccccc2)c(OC)c1OC. The highest BCUT2D eigenvalue weighted by Gasteiger charge is 2.19. The van der Waals surface area contributed by atoms with E-state index in [2.05, 4.69) is 72.8 Å². The van der Waals surface area contributed by atoms with Crippen LogP contribution in [0, 0.1) is 0 Å². The maximum atomic E-state index is 5.77. The van der Waals surface area contributed by atoms with Crippen LogP contribution < -0.4 is 14.2 Å². The largest absolute Gasteiger partial charge is 0.493 e. The number of thiophene rings is 1. The van der Waals surface area contributed by atoms with Crippen molar-refractivity contribution in [3.8, 4) is 28.4 Å². The van der Waals surface area contributed by atoms with Crippen LogP contribution in [0.2, 0.25) is 0 Å². The third kappa shape index (κ3) is 4.07. The Morgan fingerprint density at radius 3 is 2.06 bits per heavy atom. The summed E-state index contributed by atoms with van der Waals surface area (Å²) in [5, 5.41) is 2.61. The van der Waals surface area contributed by atoms with Gasteiger partial charge in [0.15, 0.2) is 11.5 Å². The van der Waals surface area contributed by atoms with E-state index < -0.39 is 0 Å². The average Bonchev–Trinajstić information content (AvgIpc) is 3.22. The van der Waals surface area contributed by atoms with E-state index in [1.807, 2.05) is 17.4 Å². The molecule has 5 aromatic rings. The highest BCUT2D eigenvalue weighted by Crippen LogP contribution is 2.44. The Labute approximate surface area is 208 Å². The second-order valence-corrected chi connectivity index (χ2v) is 8.69. The highest BCUT2D eigenvalue weighted by molar-refractivity contribution is 8.93. The number of rotatable bonds is 6. The summed E-state index contributed by atoms with van der Waals surface area (Å²) in [7, 11) is 4.96. The third-order valence-electron chi connectivity index (χ3n) is 5.86. The van der Waals surface area contributed by atoms with E-state index in [9.17, 15) is 0 Å². The molecular formula is C28H25BrO3S. The summed E-state index contributed by atoms with van der Waals surface area (Å²) < 4.78 is 19.5. The molecule has 0 saturated heterocycles. The zero-order valence-corrected chi connectivity index (χ0v) is 21.3. The molecule has 1 heterocycles. The molecule has 0 radical (unpaired) electrons. The lowest BCUT2D eigenvalue weighted by atomic mass is 9.91. The van der Waals surface area contributed by atoms with Crippen LogP contribution in [0.1, 0.15) is 11.1 Å². The normalized spacial score (nSPS) is 10.8. The molecule has 0 aliphatic rings. The maximum absolute atomic E-state index is 5.77. The van der Waals surface area contributed by atoms with Gasteiger partial charge in [-0.2, -0.15) is 0 Å². The van der Waals surface area contributed by atoms with Crippen molar-refractivity contribution in [1.29, 1.82) is 0 Å². The molecule has 33 heavy (non-hydrogen) atoms. The molecule has 168 valence electrons. The Balaban J connectivity index is 0.00000259. The van der Waals surface area contributed by atoms with Crippen molar-refractivity contribution in [3.05, 3.63) is 90.0 Å². The fourth-order valence-electron chi connectivity index (χ4n) is 4.45. The van der Waals surface area contributed by atoms with Gasteiger partial charge in [-0.25, -0.2) is 0 Å². The van der Waals surface area contributed by atoms with Crippen molar-refractivity contribution in [3.63, 3.8) is 0 Å². The number of halogens is 1. The van der Waals surface area contributed by atoms with Gasteiger partial charge in [-0.3, -0.25) is 0 Å². The van der Waals surface area contributed by atoms with Gasteiger partial charge in [-0.05, 0) is 34.9 Å². The predicted molar refractivity (Wildman–Crippen MR) is 144 cm³/mol. The average molecular weight is 521 g/mol. The Morgan fingerprint density at radius 2 is 1.33 bits per heavy atom. The highest BCUT2D eigenvalue weighted by atomic mass is 79.9. The predicted octanol–water partition coefficient (Wildman–Crippen LogP) is 7.92. The first-order valence-corrected chi connectivity index (χ1v) is 11.3. The number of methoxy groups -OCH3 is 3. The van der Waals surface area contributed by atoms with Crippen molar-refractivity contribution >= 4 is 48.5 Å². The lowest BCUT2D eigenvalue weighted by Crippen LogP contribution is -2.00. The minimum Gasteiger partial charge on any atom is -0.493 e. The first kappa shape index (κ1) is 23.1. The Morgan fingerprint density at radius 1 is 0.636 bits per heavy atom. The molecule has 0 N–H and O–H groups in total. The maximum Gasteiger partial charge on any atom is 0.203 e. The second kappa shape index (κ2) is 9.86. The Hall–Kier alpha value is -3.02. The smallest absolute Gasteiger partial charge is 0.203 e. The Kier molecular flexibility index (Phi) is 6.91. The van der Waals surface area contributed by atoms with Crippen LogP contribution in [0.3, 0.4) is 0 Å². The van der Waals surface area contributed by atoms with Crippen molar-refractivity contribution in [2.75, 3.05) is 21.3 Å². The van der Waals surface area contributed by atoms with E-state index in [1.54, 1.807) is 21.3 Å². The molecule has 0 saturated carbocycles. The molecular weight excluding hydrogens is 496 g/mol. The van der Waals surface area contributed by atoms with Crippen molar-refractivity contribution in [2.45, 2.75) is 6.42 Å². The molecule has 0 bridgehead atoms. The zero-order chi connectivity index (χ0) is 22.1. The van der Waals surface area contributed by atoms with Crippen molar-refractivity contribution in [2.24, 2.45) is 0 Å². The second-order valence-electron chi connectivity index (χ2n) is 7.61. The molecule has 0 aliphatic heterocycles. The van der Waals surface area contributed by atoms with Crippen LogP contribution in [0.15, 0.2) is 78.9 Å². The van der Waals surface area contributed by atoms with E-state index >= 15 is 0 Å². The first-order valence-electron chi connectivity index (χ1n) is 10.5. The van der Waals surface area contributed by atoms with Gasteiger partial charge in [0, 0.05) is 32.2 Å². The summed E-state index contributed by atoms with van der Waals surface area (Å²) in [5.74, 6) is 1.99. The van der Waals surface area contributed by atoms with Gasteiger partial charge >= 0.3 is 0 Å². The summed E-state index contributed by atoms with van der Waals surface area (Å²) in [4.78, 5) is 0. The van der Waals surface area contributed by atoms with E-state index in [-0.39, 0.29) is 17.0 Å². The number of fused-ring (bicyclic) bond motifs is 3. The number of hydrogen-bond donors (Lipinski definition) is 0. The van der Waals surface area contributed by atoms with E-state index in [1.165, 1.54) is 36.9 Å². The Bertz CT molecular complexity index is 1410. The number of ether oxygens (including phenoxy) is 3. The summed E-state index contributed by atoms with van der Waals surface area (Å²) in [6.07, 6.45) is 0.716. The van der Waals surface area contributed by atoms with Crippen LogP contribution in [-0.4, -0.2) is 21.3 Å². The molecule has 0 unspecified atom stereocenters. The molecule has 1 aromatic heterocycles. The quantitative estimate of drug-likeness (QED) is 0.227. The monoisotopic (exact) mass is 520 g/mol. The standard InChI is InChI=1S/C28H24O3S.BrH/c1-29-22-15-13-20(27(30-2)28(22)31-3)17-19-14-16-24-26(21-11-7-8-12-23(21)32-24)25(19)18-9-5-4-6-10-18;/h4-16H,17H2,1-3H3;1H. The number of benzene rings is 4. The van der Waals surface area contributed by atoms with Crippen LogP contribution in [0.5, 0.6) is 17.2 Å². The van der Waals surface area contributed by atoms with Gasteiger partial charge in [0.05, 0.1) is 21.3 Å². The molecule has 3 nitrogen and oxygen atoms in total. The van der Waals surface area contributed by atoms with Gasteiger partial charge in [0.25, 0.3) is 0 Å². The van der Waals surface area contributed by atoms with Gasteiger partial charge in [-0.1, -0.05) is 60.7 Å². The van der Waals surface area contributed by atoms with Crippen LogP contribution in [0.4, 0.5) is 0 Å². The van der Waals surface area contributed by atoms with Gasteiger partial charge in [0.2, 0.25) is 5.75 Å². The number of hydrogen-bond acceptors (Lipinski definition) is 4. The fraction of sp³-hybridized carbons (Fsp3) is 0.143. The van der Waals surface area contributed by atoms with Crippen molar-refractivity contribution < 1.29 is 14.2 Å². The van der Waals surface area contributed by atoms with Crippen LogP contribution in [-0.2, 0) is 6.42 Å². The summed E-state index contributed by atoms with van der Waals surface area (Å²) in [6.45, 7) is 0. The molecule has 0 spiro atoms. The lowest BCUT2D eigenvalue weighted by molar-refractivity contribution is 0.322. The van der Waals surface area contributed by atoms with Crippen LogP contribution in [0.25, 0.3) is 31.3 Å². The third-order valence-corrected chi connectivity index (χ3v) is 6.99. The fourth-order valence-corrected chi connectivity index (χ4v) is 5.56. The molecule has 0 fully saturated rings. The van der Waals surface area contributed by atoms with Crippen molar-refractivity contribution in [1.82, 2.24) is 0 Å². The van der Waals surface area contributed by atoms with Gasteiger partial charge in [0.1, 0.15) is 0 Å². The molecule has 5 heteroatoms. The summed E-state index contributed by atoms with van der Waals surface area (Å²) >= 11 is 1.84. The lowest BCUT2D eigenvalue weighted by Gasteiger charge is -2.18. The first-order chi connectivity index (χ1) is 15.7. The van der Waals surface area contributed by atoms with E-state index in [0.717, 1.165) is 5.56 Å². The molecule has 0 atom stereocenters. The minimum atomic E-state index is 0. The summed E-state index contributed by atoms with van der Waals surface area (Å²) in [6, 6.07) is 27.8. The summed E-state index contributed by atoms with van der Waals surface area (Å²) in [5.41, 5.74) is 4.80. The molecule has 0 aliphatic carbocycles. The topological polar surface area (TPSA) is 27.7 Å². The molecule has 4 aromatic carbocycles.